The standard InChI is InChI=1S/C31H22Cl2N2O4/c32-22-9-6-21(27(33)15-22)18-37-23-10-7-20(8-11-23)30-25-13-12-24(16-28(25)39-31(35)26(30)17-34)38-29(36)14-19-4-2-1-3-5-19/h1-13,15-16,30H,14,18,35H2. The molecular formula is C31H22Cl2N2O4. The molecule has 39 heavy (non-hydrogen) atoms. The highest BCUT2D eigenvalue weighted by molar-refractivity contribution is 6.35. The van der Waals surface area contributed by atoms with Crippen molar-refractivity contribution in [3.8, 4) is 23.3 Å². The predicted molar refractivity (Wildman–Crippen MR) is 149 cm³/mol. The average molecular weight is 557 g/mol. The van der Waals surface area contributed by atoms with Gasteiger partial charge in [0.25, 0.3) is 0 Å². The van der Waals surface area contributed by atoms with Crippen LogP contribution in [-0.2, 0) is 17.8 Å². The molecule has 1 atom stereocenters. The summed E-state index contributed by atoms with van der Waals surface area (Å²) in [6, 6.07) is 29.2. The van der Waals surface area contributed by atoms with Crippen molar-refractivity contribution < 1.29 is 19.0 Å². The lowest BCUT2D eigenvalue weighted by Gasteiger charge is -2.26. The Morgan fingerprint density at radius 3 is 2.41 bits per heavy atom. The zero-order chi connectivity index (χ0) is 27.4. The number of fused-ring (bicyclic) bond motifs is 1. The maximum atomic E-state index is 12.4. The van der Waals surface area contributed by atoms with Gasteiger partial charge in [-0.3, -0.25) is 4.79 Å². The van der Waals surface area contributed by atoms with Gasteiger partial charge in [-0.05, 0) is 41.5 Å². The minimum atomic E-state index is -0.465. The number of hydrogen-bond donors (Lipinski definition) is 1. The van der Waals surface area contributed by atoms with Gasteiger partial charge in [0.15, 0.2) is 0 Å². The van der Waals surface area contributed by atoms with E-state index in [1.807, 2.05) is 60.7 Å². The third kappa shape index (κ3) is 6.01. The molecule has 1 aliphatic rings. The highest BCUT2D eigenvalue weighted by Crippen LogP contribution is 2.43. The number of ether oxygens (including phenoxy) is 3. The zero-order valence-electron chi connectivity index (χ0n) is 20.6. The lowest BCUT2D eigenvalue weighted by molar-refractivity contribution is -0.133. The maximum absolute atomic E-state index is 12.4. The summed E-state index contributed by atoms with van der Waals surface area (Å²) >= 11 is 12.2. The van der Waals surface area contributed by atoms with Gasteiger partial charge in [0.05, 0.1) is 12.3 Å². The number of nitrogens with zero attached hydrogens (tertiary/aromatic N) is 1. The van der Waals surface area contributed by atoms with Gasteiger partial charge >= 0.3 is 5.97 Å². The Morgan fingerprint density at radius 2 is 1.69 bits per heavy atom. The number of allylic oxidation sites excluding steroid dienone is 1. The van der Waals surface area contributed by atoms with Crippen molar-refractivity contribution in [3.05, 3.63) is 135 Å². The van der Waals surface area contributed by atoms with Crippen LogP contribution < -0.4 is 19.9 Å². The molecule has 6 nitrogen and oxygen atoms in total. The smallest absolute Gasteiger partial charge is 0.315 e. The summed E-state index contributed by atoms with van der Waals surface area (Å²) in [5, 5.41) is 10.9. The lowest BCUT2D eigenvalue weighted by atomic mass is 9.83. The fraction of sp³-hybridized carbons (Fsp3) is 0.0968. The van der Waals surface area contributed by atoms with E-state index in [-0.39, 0.29) is 24.5 Å². The summed E-state index contributed by atoms with van der Waals surface area (Å²) in [5.74, 6) is 0.511. The number of hydrogen-bond acceptors (Lipinski definition) is 6. The fourth-order valence-electron chi connectivity index (χ4n) is 4.33. The van der Waals surface area contributed by atoms with E-state index in [0.29, 0.717) is 27.3 Å². The van der Waals surface area contributed by atoms with Crippen molar-refractivity contribution in [2.24, 2.45) is 5.73 Å². The van der Waals surface area contributed by atoms with Gasteiger partial charge in [-0.2, -0.15) is 5.26 Å². The van der Waals surface area contributed by atoms with E-state index in [9.17, 15) is 10.1 Å². The molecule has 0 saturated heterocycles. The topological polar surface area (TPSA) is 94.6 Å². The normalized spacial score (nSPS) is 14.1. The summed E-state index contributed by atoms with van der Waals surface area (Å²) in [6.07, 6.45) is 0.140. The monoisotopic (exact) mass is 556 g/mol. The Morgan fingerprint density at radius 1 is 0.949 bits per heavy atom. The van der Waals surface area contributed by atoms with Crippen molar-refractivity contribution in [3.63, 3.8) is 0 Å². The number of benzene rings is 4. The van der Waals surface area contributed by atoms with E-state index in [0.717, 1.165) is 22.3 Å². The molecule has 0 saturated carbocycles. The third-order valence-corrected chi connectivity index (χ3v) is 6.82. The molecule has 0 aromatic heterocycles. The third-order valence-electron chi connectivity index (χ3n) is 6.24. The van der Waals surface area contributed by atoms with Gasteiger partial charge in [-0.1, -0.05) is 77.8 Å². The van der Waals surface area contributed by atoms with Gasteiger partial charge in [-0.25, -0.2) is 0 Å². The Hall–Kier alpha value is -4.44. The van der Waals surface area contributed by atoms with Crippen LogP contribution in [0.4, 0.5) is 0 Å². The first-order valence-corrected chi connectivity index (χ1v) is 12.8. The number of carbonyl (C=O) groups is 1. The summed E-state index contributed by atoms with van der Waals surface area (Å²) in [6.45, 7) is 0.275. The molecule has 0 amide bonds. The van der Waals surface area contributed by atoms with E-state index in [4.69, 9.17) is 43.1 Å². The Labute approximate surface area is 235 Å². The van der Waals surface area contributed by atoms with Crippen molar-refractivity contribution >= 4 is 29.2 Å². The Kier molecular flexibility index (Phi) is 7.74. The second-order valence-corrected chi connectivity index (χ2v) is 9.70. The van der Waals surface area contributed by atoms with Crippen molar-refractivity contribution in [2.75, 3.05) is 0 Å². The Balaban J connectivity index is 1.34. The highest BCUT2D eigenvalue weighted by atomic mass is 35.5. The van der Waals surface area contributed by atoms with E-state index >= 15 is 0 Å². The van der Waals surface area contributed by atoms with Gasteiger partial charge < -0.3 is 19.9 Å². The molecule has 4 aromatic carbocycles. The Bertz CT molecular complexity index is 1600. The van der Waals surface area contributed by atoms with Crippen LogP contribution in [0.15, 0.2) is 102 Å². The van der Waals surface area contributed by atoms with E-state index in [1.165, 1.54) is 0 Å². The molecule has 5 rings (SSSR count). The number of halogens is 2. The minimum Gasteiger partial charge on any atom is -0.489 e. The van der Waals surface area contributed by atoms with Gasteiger partial charge in [0.1, 0.15) is 35.5 Å². The second kappa shape index (κ2) is 11.5. The summed E-state index contributed by atoms with van der Waals surface area (Å²) in [4.78, 5) is 12.4. The lowest BCUT2D eigenvalue weighted by Crippen LogP contribution is -2.21. The SMILES string of the molecule is N#CC1=C(N)Oc2cc(OC(=O)Cc3ccccc3)ccc2C1c1ccc(OCc2ccc(Cl)cc2Cl)cc1. The number of nitrogens with two attached hydrogens (primary N) is 1. The summed E-state index contributed by atoms with van der Waals surface area (Å²) in [5.41, 5.74) is 9.64. The van der Waals surface area contributed by atoms with Crippen LogP contribution in [-0.4, -0.2) is 5.97 Å². The molecule has 0 aliphatic carbocycles. The van der Waals surface area contributed by atoms with Crippen LogP contribution in [0.2, 0.25) is 10.0 Å². The average Bonchev–Trinajstić information content (AvgIpc) is 2.92. The van der Waals surface area contributed by atoms with Crippen molar-refractivity contribution in [1.82, 2.24) is 0 Å². The number of nitriles is 1. The molecule has 0 radical (unpaired) electrons. The zero-order valence-corrected chi connectivity index (χ0v) is 22.1. The van der Waals surface area contributed by atoms with Gasteiger partial charge in [0, 0.05) is 27.2 Å². The van der Waals surface area contributed by atoms with Crippen LogP contribution in [0.3, 0.4) is 0 Å². The van der Waals surface area contributed by atoms with Crippen LogP contribution in [0, 0.1) is 11.3 Å². The molecule has 194 valence electrons. The van der Waals surface area contributed by atoms with E-state index in [2.05, 4.69) is 6.07 Å². The molecule has 2 N–H and O–H groups in total. The number of carbonyl (C=O) groups excluding carboxylic acids is 1. The summed E-state index contributed by atoms with van der Waals surface area (Å²) in [7, 11) is 0. The number of rotatable bonds is 7. The van der Waals surface area contributed by atoms with Crippen LogP contribution >= 0.6 is 23.2 Å². The first-order chi connectivity index (χ1) is 18.9. The largest absolute Gasteiger partial charge is 0.489 e. The van der Waals surface area contributed by atoms with E-state index in [1.54, 1.807) is 30.3 Å². The number of esters is 1. The van der Waals surface area contributed by atoms with Gasteiger partial charge in [0.2, 0.25) is 5.88 Å². The molecule has 1 aliphatic heterocycles. The van der Waals surface area contributed by atoms with E-state index < -0.39 is 11.9 Å². The second-order valence-electron chi connectivity index (χ2n) is 8.85. The molecule has 1 unspecified atom stereocenters. The van der Waals surface area contributed by atoms with Crippen LogP contribution in [0.5, 0.6) is 17.2 Å². The molecule has 1 heterocycles. The molecule has 0 bridgehead atoms. The van der Waals surface area contributed by atoms with Crippen molar-refractivity contribution in [1.29, 1.82) is 5.26 Å². The van der Waals surface area contributed by atoms with Crippen LogP contribution in [0.25, 0.3) is 0 Å². The van der Waals surface area contributed by atoms with Crippen molar-refractivity contribution in [2.45, 2.75) is 18.9 Å². The quantitative estimate of drug-likeness (QED) is 0.196. The molecule has 0 spiro atoms. The first-order valence-electron chi connectivity index (χ1n) is 12.0. The van der Waals surface area contributed by atoms with Crippen LogP contribution in [0.1, 0.15) is 28.2 Å². The first kappa shape index (κ1) is 26.2. The molecule has 4 aromatic rings. The van der Waals surface area contributed by atoms with Gasteiger partial charge in [-0.15, -0.1) is 0 Å². The maximum Gasteiger partial charge on any atom is 0.315 e. The molecule has 8 heteroatoms. The minimum absolute atomic E-state index is 0.000434. The molecule has 0 fully saturated rings. The predicted octanol–water partition coefficient (Wildman–Crippen LogP) is 6.94. The highest BCUT2D eigenvalue weighted by Gasteiger charge is 2.31. The fourth-order valence-corrected chi connectivity index (χ4v) is 4.79. The summed E-state index contributed by atoms with van der Waals surface area (Å²) < 4.78 is 17.2. The molecular weight excluding hydrogens is 535 g/mol.